The van der Waals surface area contributed by atoms with Crippen molar-refractivity contribution in [3.63, 3.8) is 0 Å². The minimum atomic E-state index is 0.205. The molecule has 108 valence electrons. The van der Waals surface area contributed by atoms with Gasteiger partial charge in [-0.25, -0.2) is 0 Å². The summed E-state index contributed by atoms with van der Waals surface area (Å²) >= 11 is 0.519. The number of hydrogen-bond acceptors (Lipinski definition) is 2. The van der Waals surface area contributed by atoms with Crippen LogP contribution in [0.1, 0.15) is 39.5 Å². The Balaban J connectivity index is 1.77. The molecular formula is C17H22O2Se. The second-order valence-electron chi connectivity index (χ2n) is 5.20. The summed E-state index contributed by atoms with van der Waals surface area (Å²) in [6.07, 6.45) is 3.80. The molecule has 0 fully saturated rings. The van der Waals surface area contributed by atoms with Gasteiger partial charge in [-0.2, -0.15) is 0 Å². The summed E-state index contributed by atoms with van der Waals surface area (Å²) in [6.45, 7) is 4.01. The maximum atomic E-state index is 11.7. The van der Waals surface area contributed by atoms with Gasteiger partial charge in [0.05, 0.1) is 0 Å². The average molecular weight is 337 g/mol. The van der Waals surface area contributed by atoms with Crippen molar-refractivity contribution in [1.82, 2.24) is 0 Å². The molecule has 0 radical (unpaired) electrons. The number of rotatable bonds is 6. The number of ketones is 1. The number of allylic oxidation sites excluding steroid dienone is 2. The van der Waals surface area contributed by atoms with Crippen LogP contribution in [0.15, 0.2) is 41.7 Å². The average Bonchev–Trinajstić information content (AvgIpc) is 2.45. The van der Waals surface area contributed by atoms with Crippen molar-refractivity contribution < 1.29 is 9.53 Å². The fourth-order valence-electron chi connectivity index (χ4n) is 2.25. The molecule has 0 aliphatic heterocycles. The van der Waals surface area contributed by atoms with Crippen LogP contribution in [0, 0.1) is 0 Å². The molecule has 1 aliphatic rings. The number of Topliss-reactive ketones (excluding diaryl/α,β-unsaturated/α-hetero) is 1. The van der Waals surface area contributed by atoms with Crippen LogP contribution in [-0.4, -0.2) is 26.8 Å². The van der Waals surface area contributed by atoms with E-state index in [0.29, 0.717) is 21.4 Å². The molecule has 0 N–H and O–H groups in total. The van der Waals surface area contributed by atoms with Gasteiger partial charge in [0.1, 0.15) is 0 Å². The van der Waals surface area contributed by atoms with Crippen molar-refractivity contribution in [1.29, 1.82) is 0 Å². The summed E-state index contributed by atoms with van der Waals surface area (Å²) in [5, 5.41) is 1.18. The van der Waals surface area contributed by atoms with Gasteiger partial charge in [-0.3, -0.25) is 0 Å². The molecule has 2 rings (SSSR count). The van der Waals surface area contributed by atoms with E-state index in [1.54, 1.807) is 0 Å². The first-order valence-corrected chi connectivity index (χ1v) is 9.31. The second-order valence-corrected chi connectivity index (χ2v) is 7.65. The van der Waals surface area contributed by atoms with Crippen LogP contribution >= 0.6 is 0 Å². The van der Waals surface area contributed by atoms with Gasteiger partial charge in [-0.1, -0.05) is 0 Å². The van der Waals surface area contributed by atoms with Crippen molar-refractivity contribution in [2.45, 2.75) is 51.0 Å². The Kier molecular flexibility index (Phi) is 5.87. The van der Waals surface area contributed by atoms with Gasteiger partial charge in [0.15, 0.2) is 0 Å². The summed E-state index contributed by atoms with van der Waals surface area (Å²) in [4.78, 5) is 11.7. The molecule has 3 heteroatoms. The van der Waals surface area contributed by atoms with Gasteiger partial charge in [-0.05, 0) is 0 Å². The van der Waals surface area contributed by atoms with Gasteiger partial charge >= 0.3 is 127 Å². The van der Waals surface area contributed by atoms with E-state index in [0.717, 1.165) is 30.6 Å². The Bertz CT molecular complexity index is 479. The van der Waals surface area contributed by atoms with Crippen LogP contribution in [0.3, 0.4) is 0 Å². The van der Waals surface area contributed by atoms with E-state index >= 15 is 0 Å². The zero-order valence-electron chi connectivity index (χ0n) is 12.2. The minimum absolute atomic E-state index is 0.205. The molecule has 20 heavy (non-hydrogen) atoms. The molecule has 2 nitrogen and oxygen atoms in total. The van der Waals surface area contributed by atoms with E-state index in [4.69, 9.17) is 4.74 Å². The van der Waals surface area contributed by atoms with Crippen molar-refractivity contribution >= 4 is 25.2 Å². The van der Waals surface area contributed by atoms with Crippen molar-refractivity contribution in [2.75, 3.05) is 0 Å². The topological polar surface area (TPSA) is 26.3 Å². The predicted molar refractivity (Wildman–Crippen MR) is 83.4 cm³/mol. The zero-order valence-corrected chi connectivity index (χ0v) is 13.9. The summed E-state index contributed by atoms with van der Waals surface area (Å²) in [5.74, 6) is 1.19. The van der Waals surface area contributed by atoms with Crippen LogP contribution in [0.2, 0.25) is 5.32 Å². The summed E-state index contributed by atoms with van der Waals surface area (Å²) in [5.41, 5.74) is 0.844. The van der Waals surface area contributed by atoms with Crippen molar-refractivity contribution in [2.24, 2.45) is 0 Å². The van der Waals surface area contributed by atoms with Crippen molar-refractivity contribution in [3.05, 3.63) is 41.7 Å². The Labute approximate surface area is 127 Å². The number of carbonyl (C=O) groups is 1. The van der Waals surface area contributed by atoms with Gasteiger partial charge in [0.25, 0.3) is 0 Å². The maximum absolute atomic E-state index is 11.7. The van der Waals surface area contributed by atoms with E-state index in [1.807, 2.05) is 6.92 Å². The van der Waals surface area contributed by atoms with Gasteiger partial charge in [0, 0.05) is 0 Å². The number of hydrogen-bond donors (Lipinski definition) is 0. The molecule has 1 aromatic rings. The molecule has 0 saturated carbocycles. The van der Waals surface area contributed by atoms with E-state index in [2.05, 4.69) is 37.3 Å². The Morgan fingerprint density at radius 1 is 1.25 bits per heavy atom. The fraction of sp³-hybridized carbons (Fsp3) is 0.471. The van der Waals surface area contributed by atoms with E-state index < -0.39 is 0 Å². The van der Waals surface area contributed by atoms with Crippen LogP contribution in [0.5, 0.6) is 0 Å². The number of carbonyl (C=O) groups excluding carboxylic acids is 1. The standard InChI is InChI=1S/C17H22O2Se/c1-13(11-12-20-15-7-4-3-5-8-15)19-17-10-6-9-16(18)14(17)2/h3-5,7-8,13H,6,9-12H2,1-2H3. The van der Waals surface area contributed by atoms with Crippen molar-refractivity contribution in [3.8, 4) is 0 Å². The quantitative estimate of drug-likeness (QED) is 0.745. The Morgan fingerprint density at radius 2 is 2.00 bits per heavy atom. The Hall–Kier alpha value is -1.05. The van der Waals surface area contributed by atoms with Crippen LogP contribution in [-0.2, 0) is 9.53 Å². The first-order valence-electron chi connectivity index (χ1n) is 7.24. The van der Waals surface area contributed by atoms with Gasteiger partial charge < -0.3 is 0 Å². The molecule has 0 amide bonds. The molecule has 1 unspecified atom stereocenters. The molecule has 0 spiro atoms. The Morgan fingerprint density at radius 3 is 2.75 bits per heavy atom. The van der Waals surface area contributed by atoms with Crippen LogP contribution in [0.25, 0.3) is 0 Å². The fourth-order valence-corrected chi connectivity index (χ4v) is 4.42. The van der Waals surface area contributed by atoms with Gasteiger partial charge in [0.2, 0.25) is 0 Å². The third-order valence-electron chi connectivity index (χ3n) is 3.52. The number of benzene rings is 1. The van der Waals surface area contributed by atoms with Gasteiger partial charge in [-0.15, -0.1) is 0 Å². The summed E-state index contributed by atoms with van der Waals surface area (Å²) < 4.78 is 7.42. The molecule has 1 aliphatic carbocycles. The van der Waals surface area contributed by atoms with Crippen LogP contribution < -0.4 is 4.46 Å². The third-order valence-corrected chi connectivity index (χ3v) is 5.72. The SMILES string of the molecule is CC1=C(OC(C)CC[Se]c2ccccc2)CCCC1=O. The van der Waals surface area contributed by atoms with Crippen LogP contribution in [0.4, 0.5) is 0 Å². The zero-order chi connectivity index (χ0) is 14.4. The van der Waals surface area contributed by atoms with E-state index in [9.17, 15) is 4.79 Å². The van der Waals surface area contributed by atoms with E-state index in [-0.39, 0.29) is 11.9 Å². The second kappa shape index (κ2) is 7.66. The predicted octanol–water partition coefficient (Wildman–Crippen LogP) is 3.26. The first kappa shape index (κ1) is 15.3. The molecule has 1 atom stereocenters. The summed E-state index contributed by atoms with van der Waals surface area (Å²) in [7, 11) is 0. The molecule has 0 bridgehead atoms. The molecule has 0 aromatic heterocycles. The molecule has 0 saturated heterocycles. The normalized spacial score (nSPS) is 17.2. The van der Waals surface area contributed by atoms with E-state index in [1.165, 1.54) is 9.78 Å². The monoisotopic (exact) mass is 338 g/mol. The summed E-state index contributed by atoms with van der Waals surface area (Å²) in [6, 6.07) is 10.6. The molecule has 1 aromatic carbocycles. The first-order chi connectivity index (χ1) is 9.66. The third kappa shape index (κ3) is 4.50. The number of ether oxygens (including phenoxy) is 1. The molecular weight excluding hydrogens is 315 g/mol. The molecule has 0 heterocycles.